The Balaban J connectivity index is 2.09. The van der Waals surface area contributed by atoms with Gasteiger partial charge in [-0.15, -0.1) is 0 Å². The van der Waals surface area contributed by atoms with Crippen LogP contribution in [0.5, 0.6) is 5.75 Å². The molecule has 23 heavy (non-hydrogen) atoms. The van der Waals surface area contributed by atoms with E-state index < -0.39 is 6.04 Å². The van der Waals surface area contributed by atoms with E-state index in [1.54, 1.807) is 32.2 Å². The average Bonchev–Trinajstić information content (AvgIpc) is 2.52. The highest BCUT2D eigenvalue weighted by molar-refractivity contribution is 6.31. The Morgan fingerprint density at radius 2 is 2.04 bits per heavy atom. The lowest BCUT2D eigenvalue weighted by Crippen LogP contribution is -2.32. The fraction of sp³-hybridized carbons (Fsp3) is 0.250. The number of aromatic nitrogens is 1. The SMILES string of the molecule is COc1cc(Cl)c(C)cc1N[C@@H](C)C(=O)Nc1ccc(Cl)cn1. The van der Waals surface area contributed by atoms with Crippen LogP contribution in [0, 0.1) is 6.92 Å². The monoisotopic (exact) mass is 353 g/mol. The number of anilines is 2. The van der Waals surface area contributed by atoms with Gasteiger partial charge in [-0.25, -0.2) is 4.98 Å². The highest BCUT2D eigenvalue weighted by Gasteiger charge is 2.16. The molecular formula is C16H17Cl2N3O2. The molecule has 0 aliphatic carbocycles. The zero-order valence-corrected chi connectivity index (χ0v) is 14.5. The van der Waals surface area contributed by atoms with Crippen molar-refractivity contribution in [3.8, 4) is 5.75 Å². The Hall–Kier alpha value is -1.98. The molecule has 122 valence electrons. The zero-order valence-electron chi connectivity index (χ0n) is 13.0. The zero-order chi connectivity index (χ0) is 17.0. The molecule has 0 radical (unpaired) electrons. The van der Waals surface area contributed by atoms with Crippen LogP contribution < -0.4 is 15.4 Å². The van der Waals surface area contributed by atoms with E-state index in [2.05, 4.69) is 15.6 Å². The second kappa shape index (κ2) is 7.53. The fourth-order valence-corrected chi connectivity index (χ4v) is 2.19. The summed E-state index contributed by atoms with van der Waals surface area (Å²) >= 11 is 11.8. The van der Waals surface area contributed by atoms with Gasteiger partial charge in [-0.05, 0) is 37.6 Å². The van der Waals surface area contributed by atoms with Crippen LogP contribution in [0.2, 0.25) is 10.0 Å². The molecule has 0 bridgehead atoms. The maximum Gasteiger partial charge on any atom is 0.247 e. The molecule has 2 rings (SSSR count). The first kappa shape index (κ1) is 17.4. The van der Waals surface area contributed by atoms with Crippen molar-refractivity contribution in [3.63, 3.8) is 0 Å². The quantitative estimate of drug-likeness (QED) is 0.847. The van der Waals surface area contributed by atoms with Crippen LogP contribution in [-0.2, 0) is 4.79 Å². The molecule has 1 amide bonds. The van der Waals surface area contributed by atoms with E-state index in [4.69, 9.17) is 27.9 Å². The molecule has 1 heterocycles. The lowest BCUT2D eigenvalue weighted by atomic mass is 10.2. The van der Waals surface area contributed by atoms with E-state index in [9.17, 15) is 4.79 Å². The normalized spacial score (nSPS) is 11.7. The van der Waals surface area contributed by atoms with Crippen LogP contribution in [0.25, 0.3) is 0 Å². The van der Waals surface area contributed by atoms with Crippen molar-refractivity contribution in [2.75, 3.05) is 17.7 Å². The third-order valence-corrected chi connectivity index (χ3v) is 3.86. The average molecular weight is 354 g/mol. The number of benzene rings is 1. The lowest BCUT2D eigenvalue weighted by molar-refractivity contribution is -0.116. The first-order chi connectivity index (χ1) is 10.9. The summed E-state index contributed by atoms with van der Waals surface area (Å²) in [5.74, 6) is 0.784. The number of hydrogen-bond donors (Lipinski definition) is 2. The number of nitrogens with zero attached hydrogens (tertiary/aromatic N) is 1. The molecule has 0 saturated carbocycles. The van der Waals surface area contributed by atoms with Crippen LogP contribution in [0.15, 0.2) is 30.5 Å². The van der Waals surface area contributed by atoms with Gasteiger partial charge in [0, 0.05) is 17.3 Å². The molecule has 1 aromatic heterocycles. The maximum atomic E-state index is 12.2. The number of methoxy groups -OCH3 is 1. The van der Waals surface area contributed by atoms with E-state index in [0.717, 1.165) is 5.56 Å². The second-order valence-electron chi connectivity index (χ2n) is 5.02. The Morgan fingerprint density at radius 1 is 1.30 bits per heavy atom. The number of hydrogen-bond acceptors (Lipinski definition) is 4. The predicted octanol–water partition coefficient (Wildman–Crippen LogP) is 4.14. The molecule has 0 spiro atoms. The van der Waals surface area contributed by atoms with Crippen LogP contribution in [0.1, 0.15) is 12.5 Å². The van der Waals surface area contributed by atoms with E-state index >= 15 is 0 Å². The minimum absolute atomic E-state index is 0.227. The minimum atomic E-state index is -0.498. The van der Waals surface area contributed by atoms with Crippen LogP contribution in [0.3, 0.4) is 0 Å². The number of rotatable bonds is 5. The van der Waals surface area contributed by atoms with Gasteiger partial charge in [0.25, 0.3) is 0 Å². The molecule has 0 unspecified atom stereocenters. The number of carbonyl (C=O) groups excluding carboxylic acids is 1. The van der Waals surface area contributed by atoms with Gasteiger partial charge in [0.2, 0.25) is 5.91 Å². The Labute approximate surface area is 145 Å². The summed E-state index contributed by atoms with van der Waals surface area (Å²) in [4.78, 5) is 16.3. The van der Waals surface area contributed by atoms with Gasteiger partial charge >= 0.3 is 0 Å². The predicted molar refractivity (Wildman–Crippen MR) is 93.7 cm³/mol. The molecule has 2 N–H and O–H groups in total. The summed E-state index contributed by atoms with van der Waals surface area (Å²) in [5.41, 5.74) is 1.59. The number of pyridine rings is 1. The molecule has 2 aromatic rings. The first-order valence-electron chi connectivity index (χ1n) is 6.94. The molecule has 0 fully saturated rings. The first-order valence-corrected chi connectivity index (χ1v) is 7.69. The van der Waals surface area contributed by atoms with Gasteiger partial charge in [0.1, 0.15) is 17.6 Å². The maximum absolute atomic E-state index is 12.2. The molecule has 0 saturated heterocycles. The van der Waals surface area contributed by atoms with Crippen LogP contribution in [0.4, 0.5) is 11.5 Å². The number of carbonyl (C=O) groups is 1. The van der Waals surface area contributed by atoms with Crippen LogP contribution >= 0.6 is 23.2 Å². The summed E-state index contributed by atoms with van der Waals surface area (Å²) in [6.45, 7) is 3.63. The third kappa shape index (κ3) is 4.50. The van der Waals surface area contributed by atoms with Gasteiger partial charge in [-0.3, -0.25) is 4.79 Å². The molecule has 0 aliphatic rings. The molecule has 1 aromatic carbocycles. The van der Waals surface area contributed by atoms with Crippen molar-refractivity contribution in [2.24, 2.45) is 0 Å². The fourth-order valence-electron chi connectivity index (χ4n) is 1.93. The number of ether oxygens (including phenoxy) is 1. The van der Waals surface area contributed by atoms with Crippen LogP contribution in [-0.4, -0.2) is 24.0 Å². The standard InChI is InChI=1S/C16H17Cl2N3O2/c1-9-6-13(14(23-3)7-12(9)18)20-10(2)16(22)21-15-5-4-11(17)8-19-15/h4-8,10,20H,1-3H3,(H,19,21,22)/t10-/m0/s1. The van der Waals surface area contributed by atoms with Gasteiger partial charge < -0.3 is 15.4 Å². The second-order valence-corrected chi connectivity index (χ2v) is 5.86. The lowest BCUT2D eigenvalue weighted by Gasteiger charge is -2.18. The number of amides is 1. The van der Waals surface area contributed by atoms with Gasteiger partial charge in [0.05, 0.1) is 17.8 Å². The van der Waals surface area contributed by atoms with E-state index in [1.165, 1.54) is 6.20 Å². The number of nitrogens with one attached hydrogen (secondary N) is 2. The Bertz CT molecular complexity index is 705. The highest BCUT2D eigenvalue weighted by Crippen LogP contribution is 2.31. The van der Waals surface area contributed by atoms with Gasteiger partial charge in [-0.2, -0.15) is 0 Å². The Kier molecular flexibility index (Phi) is 5.69. The summed E-state index contributed by atoms with van der Waals surface area (Å²) in [7, 11) is 1.55. The largest absolute Gasteiger partial charge is 0.495 e. The summed E-state index contributed by atoms with van der Waals surface area (Å²) in [6.07, 6.45) is 1.47. The van der Waals surface area contributed by atoms with E-state index in [-0.39, 0.29) is 5.91 Å². The topological polar surface area (TPSA) is 63.2 Å². The molecule has 0 aliphatic heterocycles. The van der Waals surface area contributed by atoms with E-state index in [0.29, 0.717) is 27.3 Å². The Morgan fingerprint density at radius 3 is 2.65 bits per heavy atom. The summed E-state index contributed by atoms with van der Waals surface area (Å²) < 4.78 is 5.29. The van der Waals surface area contributed by atoms with E-state index in [1.807, 2.05) is 13.0 Å². The van der Waals surface area contributed by atoms with Crippen molar-refractivity contribution < 1.29 is 9.53 Å². The smallest absolute Gasteiger partial charge is 0.247 e. The van der Waals surface area contributed by atoms with Gasteiger partial charge in [-0.1, -0.05) is 23.2 Å². The number of halogens is 2. The summed E-state index contributed by atoms with van der Waals surface area (Å²) in [6, 6.07) is 6.35. The third-order valence-electron chi connectivity index (χ3n) is 3.22. The van der Waals surface area contributed by atoms with Crippen molar-refractivity contribution in [1.82, 2.24) is 4.98 Å². The highest BCUT2D eigenvalue weighted by atomic mass is 35.5. The molecular weight excluding hydrogens is 337 g/mol. The van der Waals surface area contributed by atoms with Crippen molar-refractivity contribution >= 4 is 40.6 Å². The minimum Gasteiger partial charge on any atom is -0.495 e. The summed E-state index contributed by atoms with van der Waals surface area (Å²) in [5, 5.41) is 6.94. The van der Waals surface area contributed by atoms with Crippen molar-refractivity contribution in [2.45, 2.75) is 19.9 Å². The molecule has 5 nitrogen and oxygen atoms in total. The molecule has 1 atom stereocenters. The van der Waals surface area contributed by atoms with Crippen molar-refractivity contribution in [1.29, 1.82) is 0 Å². The molecule has 7 heteroatoms. The van der Waals surface area contributed by atoms with Gasteiger partial charge in [0.15, 0.2) is 0 Å². The number of aryl methyl sites for hydroxylation is 1. The van der Waals surface area contributed by atoms with Crippen molar-refractivity contribution in [3.05, 3.63) is 46.1 Å².